The van der Waals surface area contributed by atoms with Crippen LogP contribution in [0.15, 0.2) is 18.5 Å². The van der Waals surface area contributed by atoms with E-state index in [1.165, 1.54) is 6.92 Å². The van der Waals surface area contributed by atoms with Crippen molar-refractivity contribution in [2.75, 3.05) is 5.32 Å². The van der Waals surface area contributed by atoms with E-state index in [1.807, 2.05) is 12.3 Å². The van der Waals surface area contributed by atoms with Gasteiger partial charge < -0.3 is 10.3 Å². The number of rotatable bonds is 1. The Morgan fingerprint density at radius 3 is 3.14 bits per heavy atom. The summed E-state index contributed by atoms with van der Waals surface area (Å²) in [6.45, 7) is 1.46. The van der Waals surface area contributed by atoms with Crippen molar-refractivity contribution < 1.29 is 4.79 Å². The van der Waals surface area contributed by atoms with E-state index in [9.17, 15) is 4.79 Å². The molecule has 2 aromatic heterocycles. The minimum Gasteiger partial charge on any atom is -0.360 e. The lowest BCUT2D eigenvalue weighted by molar-refractivity contribution is -0.114. The molecule has 0 bridgehead atoms. The molecule has 0 aromatic carbocycles. The van der Waals surface area contributed by atoms with Crippen LogP contribution in [0.25, 0.3) is 10.9 Å². The molecular weight excluding hydrogens is 293 g/mol. The summed E-state index contributed by atoms with van der Waals surface area (Å²) in [5.41, 5.74) is 0.980. The number of carbonyl (C=O) groups is 1. The van der Waals surface area contributed by atoms with Crippen LogP contribution in [-0.4, -0.2) is 15.9 Å². The first kappa shape index (κ1) is 9.45. The smallest absolute Gasteiger partial charge is 0.222 e. The van der Waals surface area contributed by atoms with Crippen molar-refractivity contribution in [3.63, 3.8) is 0 Å². The topological polar surface area (TPSA) is 57.8 Å². The van der Waals surface area contributed by atoms with Crippen LogP contribution in [0.2, 0.25) is 0 Å². The quantitative estimate of drug-likeness (QED) is 0.793. The molecular formula is C9H8IN3O. The largest absolute Gasteiger partial charge is 0.360 e. The first-order valence-electron chi connectivity index (χ1n) is 4.07. The van der Waals surface area contributed by atoms with Crippen LogP contribution in [-0.2, 0) is 4.79 Å². The Morgan fingerprint density at radius 1 is 1.64 bits per heavy atom. The third-order valence-corrected chi connectivity index (χ3v) is 2.71. The predicted molar refractivity (Wildman–Crippen MR) is 63.1 cm³/mol. The lowest BCUT2D eigenvalue weighted by atomic mass is 10.3. The number of hydrogen-bond acceptors (Lipinski definition) is 2. The molecule has 2 heterocycles. The number of fused-ring (bicyclic) bond motifs is 1. The predicted octanol–water partition coefficient (Wildman–Crippen LogP) is 2.13. The van der Waals surface area contributed by atoms with Gasteiger partial charge in [-0.1, -0.05) is 0 Å². The zero-order chi connectivity index (χ0) is 10.1. The maximum Gasteiger partial charge on any atom is 0.222 e. The van der Waals surface area contributed by atoms with Crippen molar-refractivity contribution in [1.29, 1.82) is 0 Å². The molecule has 0 fully saturated rings. The van der Waals surface area contributed by atoms with Crippen molar-refractivity contribution in [2.45, 2.75) is 6.92 Å². The number of hydrogen-bond donors (Lipinski definition) is 2. The van der Waals surface area contributed by atoms with E-state index in [2.05, 4.69) is 37.9 Å². The molecule has 0 aliphatic carbocycles. The number of anilines is 1. The van der Waals surface area contributed by atoms with Gasteiger partial charge in [0.2, 0.25) is 5.91 Å². The number of carbonyl (C=O) groups excluding carboxylic acids is 1. The first-order valence-corrected chi connectivity index (χ1v) is 5.15. The number of H-pyrrole nitrogens is 1. The van der Waals surface area contributed by atoms with Gasteiger partial charge in [0.05, 0.1) is 5.52 Å². The second-order valence-corrected chi connectivity index (χ2v) is 4.10. The van der Waals surface area contributed by atoms with Gasteiger partial charge in [-0.2, -0.15) is 0 Å². The lowest BCUT2D eigenvalue weighted by Gasteiger charge is -1.99. The summed E-state index contributed by atoms with van der Waals surface area (Å²) in [6.07, 6.45) is 3.66. The molecule has 1 amide bonds. The fraction of sp³-hybridized carbons (Fsp3) is 0.111. The molecule has 0 aliphatic heterocycles. The summed E-state index contributed by atoms with van der Waals surface area (Å²) in [5, 5.41) is 3.70. The van der Waals surface area contributed by atoms with E-state index in [0.29, 0.717) is 5.82 Å². The minimum atomic E-state index is -0.113. The molecule has 2 rings (SSSR count). The van der Waals surface area contributed by atoms with Crippen molar-refractivity contribution in [3.8, 4) is 0 Å². The third-order valence-electron chi connectivity index (χ3n) is 1.82. The SMILES string of the molecule is CC(=O)Nc1cc2[nH]cc(I)c2cn1. The van der Waals surface area contributed by atoms with E-state index in [0.717, 1.165) is 14.5 Å². The molecule has 14 heavy (non-hydrogen) atoms. The molecule has 2 aromatic rings. The van der Waals surface area contributed by atoms with Gasteiger partial charge in [-0.05, 0) is 22.6 Å². The van der Waals surface area contributed by atoms with Crippen LogP contribution >= 0.6 is 22.6 Å². The van der Waals surface area contributed by atoms with Crippen molar-refractivity contribution in [3.05, 3.63) is 22.0 Å². The molecule has 5 heteroatoms. The van der Waals surface area contributed by atoms with Crippen LogP contribution in [0.5, 0.6) is 0 Å². The highest BCUT2D eigenvalue weighted by Gasteiger charge is 2.03. The van der Waals surface area contributed by atoms with Gasteiger partial charge in [0, 0.05) is 34.3 Å². The van der Waals surface area contributed by atoms with Crippen molar-refractivity contribution in [2.24, 2.45) is 0 Å². The van der Waals surface area contributed by atoms with Gasteiger partial charge in [-0.25, -0.2) is 4.98 Å². The van der Waals surface area contributed by atoms with Gasteiger partial charge in [-0.15, -0.1) is 0 Å². The first-order chi connectivity index (χ1) is 6.66. The van der Waals surface area contributed by atoms with Crippen molar-refractivity contribution >= 4 is 45.2 Å². The van der Waals surface area contributed by atoms with Gasteiger partial charge in [-0.3, -0.25) is 4.79 Å². The third kappa shape index (κ3) is 1.72. The zero-order valence-corrected chi connectivity index (χ0v) is 9.62. The van der Waals surface area contributed by atoms with Gasteiger partial charge in [0.25, 0.3) is 0 Å². The molecule has 0 aliphatic rings. The molecule has 4 nitrogen and oxygen atoms in total. The monoisotopic (exact) mass is 301 g/mol. The number of aromatic amines is 1. The van der Waals surface area contributed by atoms with Crippen LogP contribution in [0.4, 0.5) is 5.82 Å². The highest BCUT2D eigenvalue weighted by atomic mass is 127. The molecule has 0 spiro atoms. The number of amides is 1. The zero-order valence-electron chi connectivity index (χ0n) is 7.47. The maximum atomic E-state index is 10.8. The molecule has 2 N–H and O–H groups in total. The van der Waals surface area contributed by atoms with Crippen molar-refractivity contribution in [1.82, 2.24) is 9.97 Å². The Morgan fingerprint density at radius 2 is 2.43 bits per heavy atom. The summed E-state index contributed by atoms with van der Waals surface area (Å²) in [4.78, 5) is 18.0. The Labute approximate surface area is 94.2 Å². The normalized spacial score (nSPS) is 10.4. The second kappa shape index (κ2) is 3.56. The molecule has 0 atom stereocenters. The number of aromatic nitrogens is 2. The van der Waals surface area contributed by atoms with Gasteiger partial charge in [0.15, 0.2) is 0 Å². The summed E-state index contributed by atoms with van der Waals surface area (Å²) in [5.74, 6) is 0.460. The molecule has 0 saturated heterocycles. The Balaban J connectivity index is 2.46. The van der Waals surface area contributed by atoms with E-state index in [4.69, 9.17) is 0 Å². The van der Waals surface area contributed by atoms with Crippen LogP contribution in [0.1, 0.15) is 6.92 Å². The average Bonchev–Trinajstić information content (AvgIpc) is 2.46. The average molecular weight is 301 g/mol. The van der Waals surface area contributed by atoms with E-state index in [-0.39, 0.29) is 5.91 Å². The Bertz CT molecular complexity index is 492. The molecule has 0 saturated carbocycles. The van der Waals surface area contributed by atoms with E-state index >= 15 is 0 Å². The standard InChI is InChI=1S/C9H8IN3O/c1-5(14)13-9-2-8-6(3-12-9)7(10)4-11-8/h2-4,11H,1H3,(H,12,13,14). The highest BCUT2D eigenvalue weighted by Crippen LogP contribution is 2.20. The highest BCUT2D eigenvalue weighted by molar-refractivity contribution is 14.1. The van der Waals surface area contributed by atoms with E-state index < -0.39 is 0 Å². The summed E-state index contributed by atoms with van der Waals surface area (Å²) in [7, 11) is 0. The van der Waals surface area contributed by atoms with Crippen LogP contribution < -0.4 is 5.32 Å². The van der Waals surface area contributed by atoms with Gasteiger partial charge >= 0.3 is 0 Å². The number of halogens is 1. The van der Waals surface area contributed by atoms with E-state index in [1.54, 1.807) is 6.20 Å². The summed E-state index contributed by atoms with van der Waals surface area (Å²) in [6, 6.07) is 1.82. The number of nitrogens with zero attached hydrogens (tertiary/aromatic N) is 1. The fourth-order valence-corrected chi connectivity index (χ4v) is 1.82. The fourth-order valence-electron chi connectivity index (χ4n) is 1.23. The summed E-state index contributed by atoms with van der Waals surface area (Å²) < 4.78 is 1.12. The Hall–Kier alpha value is -1.11. The number of nitrogens with one attached hydrogen (secondary N) is 2. The molecule has 72 valence electrons. The Kier molecular flexibility index (Phi) is 2.40. The van der Waals surface area contributed by atoms with Crippen LogP contribution in [0, 0.1) is 3.57 Å². The van der Waals surface area contributed by atoms with Gasteiger partial charge in [0.1, 0.15) is 5.82 Å². The number of pyridine rings is 1. The lowest BCUT2D eigenvalue weighted by Crippen LogP contribution is -2.06. The summed E-state index contributed by atoms with van der Waals surface area (Å²) >= 11 is 2.23. The minimum absolute atomic E-state index is 0.113. The molecule has 0 radical (unpaired) electrons. The maximum absolute atomic E-state index is 10.8. The molecule has 0 unspecified atom stereocenters. The van der Waals surface area contributed by atoms with Crippen LogP contribution in [0.3, 0.4) is 0 Å². The second-order valence-electron chi connectivity index (χ2n) is 2.93.